The maximum absolute atomic E-state index is 12.9. The van der Waals surface area contributed by atoms with Crippen LogP contribution >= 0.6 is 0 Å². The number of rotatable bonds is 6. The highest BCUT2D eigenvalue weighted by Crippen LogP contribution is 2.27. The van der Waals surface area contributed by atoms with E-state index in [-0.39, 0.29) is 17.8 Å². The first kappa shape index (κ1) is 19.1. The normalized spacial score (nSPS) is 14.3. The van der Waals surface area contributed by atoms with Gasteiger partial charge in [-0.05, 0) is 29.8 Å². The largest absolute Gasteiger partial charge is 0.586 e. The molecule has 0 radical (unpaired) electrons. The maximum atomic E-state index is 12.9. The number of methoxy groups -OCH3 is 1. The minimum absolute atomic E-state index is 0.152. The lowest BCUT2D eigenvalue weighted by Crippen LogP contribution is -2.27. The predicted octanol–water partition coefficient (Wildman–Crippen LogP) is 2.61. The van der Waals surface area contributed by atoms with Crippen LogP contribution in [0, 0.1) is 0 Å². The number of carbonyl (C=O) groups is 2. The van der Waals surface area contributed by atoms with Crippen molar-refractivity contribution in [1.82, 2.24) is 10.3 Å². The average Bonchev–Trinajstić information content (AvgIpc) is 3.04. The first-order valence-electron chi connectivity index (χ1n) is 8.00. The van der Waals surface area contributed by atoms with Gasteiger partial charge in [0.25, 0.3) is 5.91 Å². The molecule has 10 heteroatoms. The number of halogens is 2. The van der Waals surface area contributed by atoms with E-state index in [2.05, 4.69) is 29.8 Å². The van der Waals surface area contributed by atoms with Gasteiger partial charge in [0.15, 0.2) is 6.26 Å². The number of esters is 1. The van der Waals surface area contributed by atoms with E-state index in [1.807, 2.05) is 0 Å². The summed E-state index contributed by atoms with van der Waals surface area (Å²) in [6, 6.07) is 9.73. The summed E-state index contributed by atoms with van der Waals surface area (Å²) in [4.78, 5) is 27.9. The maximum Gasteiger partial charge on any atom is 0.586 e. The minimum atomic E-state index is -3.81. The van der Waals surface area contributed by atoms with Crippen LogP contribution in [0.25, 0.3) is 0 Å². The highest BCUT2D eigenvalue weighted by Gasteiger charge is 2.41. The fraction of sp³-hybridized carbons (Fsp3) is 0.167. The number of alkyl halides is 2. The van der Waals surface area contributed by atoms with Gasteiger partial charge in [0.2, 0.25) is 5.88 Å². The standard InChI is InChI=1S/C18H15F2N3O5/c1-26-17(25)14-8-11(6-7-21-14)9-22-13-5-3-2-4-12(13)16(24)23-15-10-27-18(19,20)28-15/h2-8,10,22H,9H2,1H3,(H,23,24). The van der Waals surface area contributed by atoms with Gasteiger partial charge >= 0.3 is 12.3 Å². The highest BCUT2D eigenvalue weighted by molar-refractivity contribution is 6.00. The van der Waals surface area contributed by atoms with Crippen LogP contribution in [-0.4, -0.2) is 30.3 Å². The molecule has 1 amide bonds. The van der Waals surface area contributed by atoms with Gasteiger partial charge in [0.05, 0.1) is 12.7 Å². The summed E-state index contributed by atoms with van der Waals surface area (Å²) in [7, 11) is 1.26. The number of nitrogens with zero attached hydrogens (tertiary/aromatic N) is 1. The minimum Gasteiger partial charge on any atom is -0.464 e. The van der Waals surface area contributed by atoms with Crippen molar-refractivity contribution in [2.45, 2.75) is 12.8 Å². The van der Waals surface area contributed by atoms with Gasteiger partial charge in [0, 0.05) is 18.4 Å². The number of hydrogen-bond acceptors (Lipinski definition) is 7. The highest BCUT2D eigenvalue weighted by atomic mass is 19.3. The van der Waals surface area contributed by atoms with Crippen LogP contribution in [0.15, 0.2) is 54.7 Å². The third kappa shape index (κ3) is 4.53. The van der Waals surface area contributed by atoms with Crippen molar-refractivity contribution < 1.29 is 32.6 Å². The molecule has 1 aliphatic heterocycles. The summed E-state index contributed by atoms with van der Waals surface area (Å²) in [5, 5.41) is 5.26. The Bertz CT molecular complexity index is 933. The van der Waals surface area contributed by atoms with Gasteiger partial charge in [-0.2, -0.15) is 0 Å². The van der Waals surface area contributed by atoms with Crippen molar-refractivity contribution in [3.05, 3.63) is 71.6 Å². The lowest BCUT2D eigenvalue weighted by atomic mass is 10.1. The van der Waals surface area contributed by atoms with Crippen LogP contribution in [0.5, 0.6) is 0 Å². The summed E-state index contributed by atoms with van der Waals surface area (Å²) in [6.45, 7) is 0.275. The third-order valence-corrected chi connectivity index (χ3v) is 3.64. The van der Waals surface area contributed by atoms with Crippen molar-refractivity contribution in [2.24, 2.45) is 0 Å². The van der Waals surface area contributed by atoms with Crippen molar-refractivity contribution in [3.8, 4) is 0 Å². The molecule has 0 unspecified atom stereocenters. The number of hydrogen-bond donors (Lipinski definition) is 2. The number of para-hydroxylation sites is 1. The number of aromatic nitrogens is 1. The van der Waals surface area contributed by atoms with Gasteiger partial charge in [-0.1, -0.05) is 12.1 Å². The molecular formula is C18H15F2N3O5. The predicted molar refractivity (Wildman–Crippen MR) is 92.0 cm³/mol. The summed E-state index contributed by atoms with van der Waals surface area (Å²) in [5.41, 5.74) is 1.52. The fourth-order valence-electron chi connectivity index (χ4n) is 2.37. The molecule has 2 aromatic rings. The molecule has 146 valence electrons. The number of anilines is 1. The second-order valence-electron chi connectivity index (χ2n) is 5.56. The van der Waals surface area contributed by atoms with E-state index >= 15 is 0 Å². The first-order chi connectivity index (χ1) is 13.4. The fourth-order valence-corrected chi connectivity index (χ4v) is 2.37. The van der Waals surface area contributed by atoms with E-state index in [0.717, 1.165) is 5.56 Å². The molecule has 0 spiro atoms. The number of ether oxygens (including phenoxy) is 3. The molecule has 0 atom stereocenters. The number of pyridine rings is 1. The molecule has 0 saturated carbocycles. The van der Waals surface area contributed by atoms with E-state index in [9.17, 15) is 18.4 Å². The zero-order valence-corrected chi connectivity index (χ0v) is 14.6. The Kier molecular flexibility index (Phi) is 5.39. The van der Waals surface area contributed by atoms with E-state index in [1.54, 1.807) is 30.3 Å². The van der Waals surface area contributed by atoms with Crippen LogP contribution in [-0.2, 0) is 20.8 Å². The van der Waals surface area contributed by atoms with Crippen molar-refractivity contribution in [2.75, 3.05) is 12.4 Å². The summed E-state index contributed by atoms with van der Waals surface area (Å²) < 4.78 is 38.5. The Labute approximate surface area is 158 Å². The van der Waals surface area contributed by atoms with Gasteiger partial charge in [-0.25, -0.2) is 9.78 Å². The molecule has 28 heavy (non-hydrogen) atoms. The first-order valence-corrected chi connectivity index (χ1v) is 8.00. The topological polar surface area (TPSA) is 98.8 Å². The molecular weight excluding hydrogens is 376 g/mol. The molecule has 1 aromatic carbocycles. The monoisotopic (exact) mass is 391 g/mol. The molecule has 0 fully saturated rings. The molecule has 1 aromatic heterocycles. The zero-order chi connectivity index (χ0) is 20.1. The van der Waals surface area contributed by atoms with Crippen molar-refractivity contribution in [3.63, 3.8) is 0 Å². The number of benzene rings is 1. The SMILES string of the molecule is COC(=O)c1cc(CNc2ccccc2C(=O)NC2=COC(F)(F)O2)ccn1. The van der Waals surface area contributed by atoms with Crippen LogP contribution in [0.4, 0.5) is 14.5 Å². The van der Waals surface area contributed by atoms with E-state index in [4.69, 9.17) is 0 Å². The molecule has 3 rings (SSSR count). The van der Waals surface area contributed by atoms with Gasteiger partial charge in [-0.15, -0.1) is 8.78 Å². The molecule has 8 nitrogen and oxygen atoms in total. The Morgan fingerprint density at radius 2 is 2.04 bits per heavy atom. The third-order valence-electron chi connectivity index (χ3n) is 3.64. The Morgan fingerprint density at radius 3 is 2.75 bits per heavy atom. The van der Waals surface area contributed by atoms with E-state index in [0.29, 0.717) is 11.9 Å². The van der Waals surface area contributed by atoms with Gasteiger partial charge in [-0.3, -0.25) is 10.1 Å². The van der Waals surface area contributed by atoms with Gasteiger partial charge < -0.3 is 19.5 Å². The molecule has 0 saturated heterocycles. The van der Waals surface area contributed by atoms with Crippen LogP contribution < -0.4 is 10.6 Å². The second kappa shape index (κ2) is 7.91. The quantitative estimate of drug-likeness (QED) is 0.731. The van der Waals surface area contributed by atoms with Crippen LogP contribution in [0.1, 0.15) is 26.4 Å². The summed E-state index contributed by atoms with van der Waals surface area (Å²) >= 11 is 0. The summed E-state index contributed by atoms with van der Waals surface area (Å²) in [5.74, 6) is -1.73. The number of amides is 1. The van der Waals surface area contributed by atoms with Crippen molar-refractivity contribution >= 4 is 17.6 Å². The van der Waals surface area contributed by atoms with E-state index < -0.39 is 24.1 Å². The van der Waals surface area contributed by atoms with Gasteiger partial charge in [0.1, 0.15) is 5.69 Å². The van der Waals surface area contributed by atoms with E-state index in [1.165, 1.54) is 19.4 Å². The molecule has 2 N–H and O–H groups in total. The Morgan fingerprint density at radius 1 is 1.25 bits per heavy atom. The Hall–Kier alpha value is -3.69. The second-order valence-corrected chi connectivity index (χ2v) is 5.56. The smallest absolute Gasteiger partial charge is 0.464 e. The molecule has 2 heterocycles. The Balaban J connectivity index is 1.69. The molecule has 1 aliphatic rings. The molecule has 0 bridgehead atoms. The van der Waals surface area contributed by atoms with Crippen LogP contribution in [0.3, 0.4) is 0 Å². The lowest BCUT2D eigenvalue weighted by molar-refractivity contribution is -0.334. The zero-order valence-electron chi connectivity index (χ0n) is 14.6. The molecule has 0 aliphatic carbocycles. The lowest BCUT2D eigenvalue weighted by Gasteiger charge is -2.13. The summed E-state index contributed by atoms with van der Waals surface area (Å²) in [6.07, 6.45) is -1.72. The van der Waals surface area contributed by atoms with Crippen molar-refractivity contribution in [1.29, 1.82) is 0 Å². The number of nitrogens with one attached hydrogen (secondary N) is 2. The number of carbonyl (C=O) groups excluding carboxylic acids is 2. The average molecular weight is 391 g/mol. The van der Waals surface area contributed by atoms with Crippen LogP contribution in [0.2, 0.25) is 0 Å².